The summed E-state index contributed by atoms with van der Waals surface area (Å²) in [5.74, 6) is 1.43. The summed E-state index contributed by atoms with van der Waals surface area (Å²) in [6.45, 7) is 5.92. The lowest BCUT2D eigenvalue weighted by atomic mass is 9.79. The van der Waals surface area contributed by atoms with Crippen molar-refractivity contribution in [3.63, 3.8) is 0 Å². The molecule has 1 aliphatic heterocycles. The van der Waals surface area contributed by atoms with E-state index in [0.29, 0.717) is 12.0 Å². The Hall–Kier alpha value is -0.820. The second-order valence-corrected chi connectivity index (χ2v) is 5.73. The molecule has 1 N–H and O–H groups in total. The Kier molecular flexibility index (Phi) is 5.25. The van der Waals surface area contributed by atoms with Gasteiger partial charge in [0.05, 0.1) is 0 Å². The lowest BCUT2D eigenvalue weighted by Gasteiger charge is -2.32. The molecule has 100 valence electrons. The molecule has 1 fully saturated rings. The molecule has 18 heavy (non-hydrogen) atoms. The lowest BCUT2D eigenvalue weighted by molar-refractivity contribution is 0.330. The highest BCUT2D eigenvalue weighted by atomic mass is 14.9. The Morgan fingerprint density at radius 3 is 2.67 bits per heavy atom. The van der Waals surface area contributed by atoms with Crippen LogP contribution in [0.4, 0.5) is 0 Å². The third-order valence-electron chi connectivity index (χ3n) is 4.47. The standard InChI is InChI=1S/C17H27N/c1-3-14(2)17(15-10-6-4-7-11-15)16-12-8-5-9-13-18-16/h4,6-7,10-11,14,16-18H,3,5,8-9,12-13H2,1-2H3. The highest BCUT2D eigenvalue weighted by Crippen LogP contribution is 2.33. The van der Waals surface area contributed by atoms with Crippen LogP contribution in [0.15, 0.2) is 30.3 Å². The normalized spacial score (nSPS) is 24.2. The second kappa shape index (κ2) is 6.94. The van der Waals surface area contributed by atoms with Crippen LogP contribution in [0.2, 0.25) is 0 Å². The molecule has 1 heteroatoms. The molecule has 0 aliphatic carbocycles. The van der Waals surface area contributed by atoms with Crippen LogP contribution in [-0.4, -0.2) is 12.6 Å². The van der Waals surface area contributed by atoms with Gasteiger partial charge in [-0.1, -0.05) is 63.4 Å². The van der Waals surface area contributed by atoms with Crippen molar-refractivity contribution in [3.8, 4) is 0 Å². The number of rotatable bonds is 4. The molecule has 0 bridgehead atoms. The minimum absolute atomic E-state index is 0.671. The van der Waals surface area contributed by atoms with Gasteiger partial charge in [0, 0.05) is 12.0 Å². The summed E-state index contributed by atoms with van der Waals surface area (Å²) >= 11 is 0. The Morgan fingerprint density at radius 1 is 1.17 bits per heavy atom. The van der Waals surface area contributed by atoms with Gasteiger partial charge in [0.25, 0.3) is 0 Å². The van der Waals surface area contributed by atoms with Crippen LogP contribution in [-0.2, 0) is 0 Å². The van der Waals surface area contributed by atoms with Gasteiger partial charge in [0.15, 0.2) is 0 Å². The maximum Gasteiger partial charge on any atom is 0.0138 e. The van der Waals surface area contributed by atoms with Crippen LogP contribution in [0, 0.1) is 5.92 Å². The molecule has 0 amide bonds. The molecule has 0 spiro atoms. The number of hydrogen-bond acceptors (Lipinski definition) is 1. The SMILES string of the molecule is CCC(C)C(c1ccccc1)C1CCCCCN1. The highest BCUT2D eigenvalue weighted by molar-refractivity contribution is 5.22. The molecule has 1 nitrogen and oxygen atoms in total. The molecule has 1 aromatic rings. The monoisotopic (exact) mass is 245 g/mol. The molecule has 1 aliphatic rings. The molecule has 3 unspecified atom stereocenters. The first-order chi connectivity index (χ1) is 8.83. The average molecular weight is 245 g/mol. The van der Waals surface area contributed by atoms with Crippen molar-refractivity contribution >= 4 is 0 Å². The van der Waals surface area contributed by atoms with Gasteiger partial charge < -0.3 is 5.32 Å². The van der Waals surface area contributed by atoms with E-state index in [1.807, 2.05) is 0 Å². The van der Waals surface area contributed by atoms with Gasteiger partial charge in [-0.05, 0) is 30.9 Å². The van der Waals surface area contributed by atoms with Crippen molar-refractivity contribution in [2.45, 2.75) is 57.9 Å². The molecular formula is C17H27N. The summed E-state index contributed by atoms with van der Waals surface area (Å²) in [7, 11) is 0. The van der Waals surface area contributed by atoms with Gasteiger partial charge in [-0.25, -0.2) is 0 Å². The number of hydrogen-bond donors (Lipinski definition) is 1. The minimum atomic E-state index is 0.671. The van der Waals surface area contributed by atoms with Gasteiger partial charge in [-0.2, -0.15) is 0 Å². The van der Waals surface area contributed by atoms with E-state index >= 15 is 0 Å². The zero-order valence-electron chi connectivity index (χ0n) is 11.9. The van der Waals surface area contributed by atoms with Crippen molar-refractivity contribution in [2.24, 2.45) is 5.92 Å². The van der Waals surface area contributed by atoms with E-state index in [-0.39, 0.29) is 0 Å². The third kappa shape index (κ3) is 3.35. The van der Waals surface area contributed by atoms with Crippen molar-refractivity contribution in [3.05, 3.63) is 35.9 Å². The topological polar surface area (TPSA) is 12.0 Å². The Morgan fingerprint density at radius 2 is 1.94 bits per heavy atom. The van der Waals surface area contributed by atoms with Crippen LogP contribution in [0.25, 0.3) is 0 Å². The van der Waals surface area contributed by atoms with Crippen LogP contribution in [0.3, 0.4) is 0 Å². The van der Waals surface area contributed by atoms with E-state index in [2.05, 4.69) is 49.5 Å². The first-order valence-corrected chi connectivity index (χ1v) is 7.61. The van der Waals surface area contributed by atoms with Gasteiger partial charge in [-0.3, -0.25) is 0 Å². The predicted octanol–water partition coefficient (Wildman–Crippen LogP) is 4.35. The molecular weight excluding hydrogens is 218 g/mol. The molecule has 0 aromatic heterocycles. The van der Waals surface area contributed by atoms with Gasteiger partial charge in [0.1, 0.15) is 0 Å². The van der Waals surface area contributed by atoms with Crippen molar-refractivity contribution in [2.75, 3.05) is 6.54 Å². The molecule has 0 radical (unpaired) electrons. The number of nitrogens with one attached hydrogen (secondary N) is 1. The largest absolute Gasteiger partial charge is 0.313 e. The number of benzene rings is 1. The fourth-order valence-corrected chi connectivity index (χ4v) is 3.25. The smallest absolute Gasteiger partial charge is 0.0138 e. The average Bonchev–Trinajstić information content (AvgIpc) is 2.69. The predicted molar refractivity (Wildman–Crippen MR) is 78.9 cm³/mol. The van der Waals surface area contributed by atoms with Crippen LogP contribution >= 0.6 is 0 Å². The Bertz CT molecular complexity index is 325. The van der Waals surface area contributed by atoms with Crippen molar-refractivity contribution < 1.29 is 0 Å². The Labute approximate surface area is 112 Å². The summed E-state index contributed by atoms with van der Waals surface area (Å²) in [6, 6.07) is 11.8. The Balaban J connectivity index is 2.18. The fraction of sp³-hybridized carbons (Fsp3) is 0.647. The lowest BCUT2D eigenvalue weighted by Crippen LogP contribution is -2.37. The van der Waals surface area contributed by atoms with Crippen LogP contribution in [0.5, 0.6) is 0 Å². The summed E-state index contributed by atoms with van der Waals surface area (Å²) < 4.78 is 0. The van der Waals surface area contributed by atoms with Gasteiger partial charge in [-0.15, -0.1) is 0 Å². The third-order valence-corrected chi connectivity index (χ3v) is 4.47. The summed E-state index contributed by atoms with van der Waals surface area (Å²) in [6.07, 6.45) is 6.73. The van der Waals surface area contributed by atoms with Gasteiger partial charge in [0.2, 0.25) is 0 Å². The quantitative estimate of drug-likeness (QED) is 0.831. The fourth-order valence-electron chi connectivity index (χ4n) is 3.25. The zero-order chi connectivity index (χ0) is 12.8. The van der Waals surface area contributed by atoms with E-state index in [9.17, 15) is 0 Å². The summed E-state index contributed by atoms with van der Waals surface area (Å²) in [5.41, 5.74) is 1.52. The first kappa shape index (κ1) is 13.6. The zero-order valence-corrected chi connectivity index (χ0v) is 11.9. The minimum Gasteiger partial charge on any atom is -0.313 e. The van der Waals surface area contributed by atoms with Crippen molar-refractivity contribution in [1.29, 1.82) is 0 Å². The summed E-state index contributed by atoms with van der Waals surface area (Å²) in [4.78, 5) is 0. The van der Waals surface area contributed by atoms with E-state index < -0.39 is 0 Å². The van der Waals surface area contributed by atoms with E-state index in [0.717, 1.165) is 5.92 Å². The van der Waals surface area contributed by atoms with Crippen molar-refractivity contribution in [1.82, 2.24) is 5.32 Å². The maximum absolute atomic E-state index is 3.80. The van der Waals surface area contributed by atoms with Gasteiger partial charge >= 0.3 is 0 Å². The van der Waals surface area contributed by atoms with Crippen LogP contribution < -0.4 is 5.32 Å². The molecule has 0 saturated carbocycles. The molecule has 1 aromatic carbocycles. The molecule has 1 heterocycles. The molecule has 3 atom stereocenters. The van der Waals surface area contributed by atoms with E-state index in [1.165, 1.54) is 44.2 Å². The summed E-state index contributed by atoms with van der Waals surface area (Å²) in [5, 5.41) is 3.80. The molecule has 2 rings (SSSR count). The first-order valence-electron chi connectivity index (χ1n) is 7.61. The van der Waals surface area contributed by atoms with E-state index in [4.69, 9.17) is 0 Å². The second-order valence-electron chi connectivity index (χ2n) is 5.73. The van der Waals surface area contributed by atoms with E-state index in [1.54, 1.807) is 0 Å². The highest BCUT2D eigenvalue weighted by Gasteiger charge is 2.27. The maximum atomic E-state index is 3.80. The molecule has 1 saturated heterocycles. The van der Waals surface area contributed by atoms with Crippen LogP contribution in [0.1, 0.15) is 57.4 Å².